The normalized spacial score (nSPS) is 10.5. The van der Waals surface area contributed by atoms with Gasteiger partial charge >= 0.3 is 0 Å². The van der Waals surface area contributed by atoms with Gasteiger partial charge in [-0.05, 0) is 24.3 Å². The molecule has 0 spiro atoms. The Hall–Kier alpha value is -3.55. The van der Waals surface area contributed by atoms with Crippen LogP contribution in [0.4, 0.5) is 15.9 Å². The zero-order valence-corrected chi connectivity index (χ0v) is 12.2. The van der Waals surface area contributed by atoms with Crippen LogP contribution in [0.3, 0.4) is 0 Å². The van der Waals surface area contributed by atoms with Crippen molar-refractivity contribution in [3.8, 4) is 11.3 Å². The summed E-state index contributed by atoms with van der Waals surface area (Å²) >= 11 is 0. The molecule has 24 heavy (non-hydrogen) atoms. The Kier molecular flexibility index (Phi) is 3.78. The van der Waals surface area contributed by atoms with Gasteiger partial charge in [-0.15, -0.1) is 0 Å². The monoisotopic (exact) mass is 326 g/mol. The molecule has 0 bridgehead atoms. The second-order valence-corrected chi connectivity index (χ2v) is 5.00. The number of benzene rings is 2. The highest BCUT2D eigenvalue weighted by Gasteiger charge is 2.22. The fraction of sp³-hybridized carbons (Fsp3) is 0. The molecule has 0 fully saturated rings. The van der Waals surface area contributed by atoms with Gasteiger partial charge in [0.1, 0.15) is 17.3 Å². The number of anilines is 1. The molecule has 0 atom stereocenters. The summed E-state index contributed by atoms with van der Waals surface area (Å²) in [5.74, 6) is -0.899. The standard InChI is InChI=1S/C16H11FN4O3/c17-11-6-4-9(5-7-11)14-13(16(18)20-19-14)15(22)10-2-1-3-12(8-10)21(23)24/h1-8H,(H3,18,19,20). The molecule has 0 aliphatic heterocycles. The van der Waals surface area contributed by atoms with Gasteiger partial charge in [0.05, 0.1) is 10.5 Å². The minimum absolute atomic E-state index is 0.0332. The van der Waals surface area contributed by atoms with Crippen molar-refractivity contribution < 1.29 is 14.1 Å². The highest BCUT2D eigenvalue weighted by atomic mass is 19.1. The number of nitrogens with one attached hydrogen (secondary N) is 1. The number of nitro benzene ring substituents is 1. The lowest BCUT2D eigenvalue weighted by Gasteiger charge is -2.04. The molecule has 0 amide bonds. The van der Waals surface area contributed by atoms with E-state index in [1.54, 1.807) is 0 Å². The summed E-state index contributed by atoms with van der Waals surface area (Å²) in [5.41, 5.74) is 6.54. The van der Waals surface area contributed by atoms with Crippen LogP contribution in [0.15, 0.2) is 48.5 Å². The lowest BCUT2D eigenvalue weighted by Crippen LogP contribution is -2.06. The summed E-state index contributed by atoms with van der Waals surface area (Å²) in [7, 11) is 0. The molecule has 2 aromatic carbocycles. The number of carbonyl (C=O) groups excluding carboxylic acids is 1. The second-order valence-electron chi connectivity index (χ2n) is 5.00. The van der Waals surface area contributed by atoms with Crippen LogP contribution in [-0.2, 0) is 0 Å². The largest absolute Gasteiger partial charge is 0.383 e. The van der Waals surface area contributed by atoms with Gasteiger partial charge in [-0.2, -0.15) is 5.10 Å². The molecular weight excluding hydrogens is 315 g/mol. The maximum Gasteiger partial charge on any atom is 0.270 e. The van der Waals surface area contributed by atoms with E-state index in [9.17, 15) is 19.3 Å². The molecule has 0 radical (unpaired) electrons. The number of nitrogens with two attached hydrogens (primary N) is 1. The number of carbonyl (C=O) groups is 1. The van der Waals surface area contributed by atoms with Gasteiger partial charge in [-0.25, -0.2) is 4.39 Å². The number of hydrogen-bond acceptors (Lipinski definition) is 5. The van der Waals surface area contributed by atoms with E-state index in [1.807, 2.05) is 0 Å². The third-order valence-corrected chi connectivity index (χ3v) is 3.46. The number of non-ortho nitro benzene ring substituents is 1. The molecule has 0 saturated carbocycles. The van der Waals surface area contributed by atoms with E-state index in [4.69, 9.17) is 5.73 Å². The molecule has 3 N–H and O–H groups in total. The number of aromatic nitrogens is 2. The zero-order chi connectivity index (χ0) is 17.3. The van der Waals surface area contributed by atoms with Crippen LogP contribution in [0.25, 0.3) is 11.3 Å². The number of halogens is 1. The Morgan fingerprint density at radius 3 is 2.58 bits per heavy atom. The maximum absolute atomic E-state index is 13.1. The van der Waals surface area contributed by atoms with Gasteiger partial charge in [0.25, 0.3) is 5.69 Å². The van der Waals surface area contributed by atoms with Crippen LogP contribution < -0.4 is 5.73 Å². The summed E-state index contributed by atoms with van der Waals surface area (Å²) in [6.45, 7) is 0. The van der Waals surface area contributed by atoms with E-state index in [1.165, 1.54) is 48.5 Å². The van der Waals surface area contributed by atoms with E-state index >= 15 is 0 Å². The number of ketones is 1. The van der Waals surface area contributed by atoms with Crippen molar-refractivity contribution >= 4 is 17.3 Å². The first-order chi connectivity index (χ1) is 11.5. The van der Waals surface area contributed by atoms with Crippen molar-refractivity contribution in [2.24, 2.45) is 0 Å². The summed E-state index contributed by atoms with van der Waals surface area (Å²) in [4.78, 5) is 23.0. The lowest BCUT2D eigenvalue weighted by molar-refractivity contribution is -0.384. The molecule has 0 aliphatic carbocycles. The minimum Gasteiger partial charge on any atom is -0.383 e. The van der Waals surface area contributed by atoms with E-state index < -0.39 is 16.5 Å². The van der Waals surface area contributed by atoms with Crippen LogP contribution in [-0.4, -0.2) is 20.9 Å². The Morgan fingerprint density at radius 1 is 1.21 bits per heavy atom. The third kappa shape index (κ3) is 2.72. The predicted molar refractivity (Wildman–Crippen MR) is 84.9 cm³/mol. The number of rotatable bonds is 4. The smallest absolute Gasteiger partial charge is 0.270 e. The number of nitrogens with zero attached hydrogens (tertiary/aromatic N) is 2. The van der Waals surface area contributed by atoms with Crippen LogP contribution in [0, 0.1) is 15.9 Å². The van der Waals surface area contributed by atoms with Crippen molar-refractivity contribution in [1.29, 1.82) is 0 Å². The van der Waals surface area contributed by atoms with Crippen molar-refractivity contribution in [2.45, 2.75) is 0 Å². The summed E-state index contributed by atoms with van der Waals surface area (Å²) in [6, 6.07) is 10.7. The van der Waals surface area contributed by atoms with Gasteiger partial charge in [-0.3, -0.25) is 20.0 Å². The number of nitrogen functional groups attached to an aromatic ring is 1. The molecule has 0 saturated heterocycles. The van der Waals surface area contributed by atoms with Crippen molar-refractivity contribution in [2.75, 3.05) is 5.73 Å². The maximum atomic E-state index is 13.1. The number of hydrogen-bond donors (Lipinski definition) is 2. The van der Waals surface area contributed by atoms with Gasteiger partial charge in [-0.1, -0.05) is 12.1 Å². The molecule has 1 heterocycles. The van der Waals surface area contributed by atoms with Crippen molar-refractivity contribution in [1.82, 2.24) is 10.2 Å². The molecule has 8 heteroatoms. The number of nitro groups is 1. The van der Waals surface area contributed by atoms with Crippen LogP contribution in [0.5, 0.6) is 0 Å². The zero-order valence-electron chi connectivity index (χ0n) is 12.2. The van der Waals surface area contributed by atoms with Crippen LogP contribution in [0.1, 0.15) is 15.9 Å². The minimum atomic E-state index is -0.587. The first-order valence-electron chi connectivity index (χ1n) is 6.86. The van der Waals surface area contributed by atoms with E-state index in [0.717, 1.165) is 0 Å². The van der Waals surface area contributed by atoms with E-state index in [0.29, 0.717) is 5.56 Å². The Balaban J connectivity index is 2.08. The quantitative estimate of drug-likeness (QED) is 0.434. The number of H-pyrrole nitrogens is 1. The second kappa shape index (κ2) is 5.92. The molecule has 3 aromatic rings. The molecule has 0 aliphatic rings. The van der Waals surface area contributed by atoms with Crippen LogP contribution in [0.2, 0.25) is 0 Å². The van der Waals surface area contributed by atoms with Crippen molar-refractivity contribution in [3.63, 3.8) is 0 Å². The number of aromatic amines is 1. The Bertz CT molecular complexity index is 935. The molecule has 120 valence electrons. The van der Waals surface area contributed by atoms with Gasteiger partial charge in [0.15, 0.2) is 5.78 Å². The lowest BCUT2D eigenvalue weighted by atomic mass is 9.99. The summed E-state index contributed by atoms with van der Waals surface area (Å²) in [6.07, 6.45) is 0. The average molecular weight is 326 g/mol. The fourth-order valence-electron chi connectivity index (χ4n) is 2.31. The fourth-order valence-corrected chi connectivity index (χ4v) is 2.31. The molecule has 3 rings (SSSR count). The third-order valence-electron chi connectivity index (χ3n) is 3.46. The van der Waals surface area contributed by atoms with Gasteiger partial charge < -0.3 is 5.73 Å². The van der Waals surface area contributed by atoms with E-state index in [2.05, 4.69) is 10.2 Å². The molecular formula is C16H11FN4O3. The topological polar surface area (TPSA) is 115 Å². The SMILES string of the molecule is Nc1[nH]nc(-c2ccc(F)cc2)c1C(=O)c1cccc([N+](=O)[O-])c1. The first-order valence-corrected chi connectivity index (χ1v) is 6.86. The highest BCUT2D eigenvalue weighted by molar-refractivity contribution is 6.15. The molecule has 7 nitrogen and oxygen atoms in total. The van der Waals surface area contributed by atoms with Crippen molar-refractivity contribution in [3.05, 3.63) is 75.6 Å². The van der Waals surface area contributed by atoms with Gasteiger partial charge in [0.2, 0.25) is 0 Å². The molecule has 0 unspecified atom stereocenters. The van der Waals surface area contributed by atoms with Gasteiger partial charge in [0, 0.05) is 23.3 Å². The first kappa shape index (κ1) is 15.3. The Labute approximate surface area is 135 Å². The van der Waals surface area contributed by atoms with E-state index in [-0.39, 0.29) is 28.3 Å². The Morgan fingerprint density at radius 2 is 1.92 bits per heavy atom. The molecule has 1 aromatic heterocycles. The van der Waals surface area contributed by atoms with Crippen LogP contribution >= 0.6 is 0 Å². The highest BCUT2D eigenvalue weighted by Crippen LogP contribution is 2.28. The summed E-state index contributed by atoms with van der Waals surface area (Å²) in [5, 5.41) is 17.4. The average Bonchev–Trinajstić information content (AvgIpc) is 2.96. The predicted octanol–water partition coefficient (Wildman–Crippen LogP) is 2.94. The summed E-state index contributed by atoms with van der Waals surface area (Å²) < 4.78 is 13.1.